The highest BCUT2D eigenvalue weighted by Gasteiger charge is 2.29. The van der Waals surface area contributed by atoms with E-state index < -0.39 is 11.7 Å². The van der Waals surface area contributed by atoms with Crippen LogP contribution in [-0.2, 0) is 23.9 Å². The van der Waals surface area contributed by atoms with Gasteiger partial charge in [0.15, 0.2) is 0 Å². The molecule has 6 nitrogen and oxygen atoms in total. The summed E-state index contributed by atoms with van der Waals surface area (Å²) in [6, 6.07) is 4.74. The molecule has 9 heteroatoms. The van der Waals surface area contributed by atoms with Crippen LogP contribution in [0.3, 0.4) is 0 Å². The van der Waals surface area contributed by atoms with Crippen molar-refractivity contribution in [3.63, 3.8) is 0 Å². The van der Waals surface area contributed by atoms with Crippen LogP contribution in [0.5, 0.6) is 0 Å². The molecule has 0 aliphatic carbocycles. The van der Waals surface area contributed by atoms with E-state index in [0.717, 1.165) is 29.1 Å². The van der Waals surface area contributed by atoms with Gasteiger partial charge in [0.05, 0.1) is 5.56 Å². The van der Waals surface area contributed by atoms with Gasteiger partial charge in [0, 0.05) is 24.4 Å². The SMILES string of the molecule is Cc1nc2ncnn2c(C)c1CCC(=O)NCc1ccc(C(F)(F)F)cc1. The van der Waals surface area contributed by atoms with Crippen LogP contribution in [0, 0.1) is 13.8 Å². The first-order valence-corrected chi connectivity index (χ1v) is 8.34. The van der Waals surface area contributed by atoms with Gasteiger partial charge in [-0.25, -0.2) is 9.50 Å². The first-order chi connectivity index (χ1) is 12.8. The molecule has 0 aliphatic heterocycles. The van der Waals surface area contributed by atoms with Gasteiger partial charge in [-0.1, -0.05) is 12.1 Å². The zero-order valence-electron chi connectivity index (χ0n) is 14.8. The van der Waals surface area contributed by atoms with Crippen molar-refractivity contribution in [1.29, 1.82) is 0 Å². The Hall–Kier alpha value is -2.97. The highest BCUT2D eigenvalue weighted by Crippen LogP contribution is 2.29. The number of fused-ring (bicyclic) bond motifs is 1. The molecule has 0 saturated carbocycles. The summed E-state index contributed by atoms with van der Waals surface area (Å²) in [5, 5.41) is 6.83. The lowest BCUT2D eigenvalue weighted by Gasteiger charge is -2.11. The van der Waals surface area contributed by atoms with Crippen molar-refractivity contribution in [3.8, 4) is 0 Å². The molecule has 3 rings (SSSR count). The number of nitrogens with one attached hydrogen (secondary N) is 1. The van der Waals surface area contributed by atoms with Crippen LogP contribution < -0.4 is 5.32 Å². The molecule has 2 aromatic heterocycles. The van der Waals surface area contributed by atoms with Crippen molar-refractivity contribution in [2.45, 2.75) is 39.4 Å². The molecule has 0 atom stereocenters. The number of alkyl halides is 3. The molecule has 0 fully saturated rings. The van der Waals surface area contributed by atoms with Crippen LogP contribution >= 0.6 is 0 Å². The molecular weight excluding hydrogens is 359 g/mol. The highest BCUT2D eigenvalue weighted by atomic mass is 19.4. The Morgan fingerprint density at radius 2 is 1.89 bits per heavy atom. The molecule has 0 radical (unpaired) electrons. The van der Waals surface area contributed by atoms with Crippen molar-refractivity contribution < 1.29 is 18.0 Å². The second kappa shape index (κ2) is 7.34. The summed E-state index contributed by atoms with van der Waals surface area (Å²) in [5.41, 5.74) is 2.50. The van der Waals surface area contributed by atoms with E-state index in [4.69, 9.17) is 0 Å². The van der Waals surface area contributed by atoms with E-state index in [2.05, 4.69) is 20.4 Å². The zero-order valence-corrected chi connectivity index (χ0v) is 14.8. The monoisotopic (exact) mass is 377 g/mol. The van der Waals surface area contributed by atoms with Crippen LogP contribution in [0.2, 0.25) is 0 Å². The number of carbonyl (C=O) groups excluding carboxylic acids is 1. The standard InChI is InChI=1S/C18H18F3N5O/c1-11-15(12(2)26-17(25-11)23-10-24-26)7-8-16(27)22-9-13-3-5-14(6-4-13)18(19,20)21/h3-6,10H,7-9H2,1-2H3,(H,22,27). The third kappa shape index (κ3) is 4.24. The number of halogens is 3. The summed E-state index contributed by atoms with van der Waals surface area (Å²) in [4.78, 5) is 20.5. The molecule has 0 bridgehead atoms. The molecule has 0 saturated heterocycles. The Bertz CT molecular complexity index is 964. The zero-order chi connectivity index (χ0) is 19.6. The molecule has 0 unspecified atom stereocenters. The molecule has 142 valence electrons. The number of aryl methyl sites for hydroxylation is 2. The van der Waals surface area contributed by atoms with Crippen LogP contribution in [-0.4, -0.2) is 25.5 Å². The van der Waals surface area contributed by atoms with Gasteiger partial charge in [0.1, 0.15) is 6.33 Å². The average Bonchev–Trinajstić information content (AvgIpc) is 3.08. The second-order valence-electron chi connectivity index (χ2n) is 6.20. The van der Waals surface area contributed by atoms with Gasteiger partial charge >= 0.3 is 6.18 Å². The van der Waals surface area contributed by atoms with Crippen molar-refractivity contribution in [2.24, 2.45) is 0 Å². The van der Waals surface area contributed by atoms with Gasteiger partial charge < -0.3 is 5.32 Å². The molecule has 1 amide bonds. The summed E-state index contributed by atoms with van der Waals surface area (Å²) < 4.78 is 39.3. The van der Waals surface area contributed by atoms with Gasteiger partial charge in [-0.05, 0) is 43.5 Å². The molecule has 1 aromatic carbocycles. The predicted octanol–water partition coefficient (Wildman–Crippen LogP) is 3.01. The molecule has 3 aromatic rings. The third-order valence-electron chi connectivity index (χ3n) is 4.36. The lowest BCUT2D eigenvalue weighted by Crippen LogP contribution is -2.23. The Morgan fingerprint density at radius 1 is 1.19 bits per heavy atom. The van der Waals surface area contributed by atoms with Crippen LogP contribution in [0.1, 0.15) is 34.5 Å². The number of nitrogens with zero attached hydrogens (tertiary/aromatic N) is 4. The van der Waals surface area contributed by atoms with Crippen molar-refractivity contribution >= 4 is 11.7 Å². The Kier molecular flexibility index (Phi) is 5.11. The lowest BCUT2D eigenvalue weighted by molar-refractivity contribution is -0.137. The van der Waals surface area contributed by atoms with Crippen molar-refractivity contribution in [3.05, 3.63) is 58.7 Å². The summed E-state index contributed by atoms with van der Waals surface area (Å²) >= 11 is 0. The van der Waals surface area contributed by atoms with Crippen LogP contribution in [0.25, 0.3) is 5.78 Å². The molecule has 0 spiro atoms. The summed E-state index contributed by atoms with van der Waals surface area (Å²) in [5.74, 6) is 0.327. The van der Waals surface area contributed by atoms with Gasteiger partial charge in [0.2, 0.25) is 5.91 Å². The van der Waals surface area contributed by atoms with E-state index in [1.54, 1.807) is 4.52 Å². The fraction of sp³-hybridized carbons (Fsp3) is 0.333. The summed E-state index contributed by atoms with van der Waals surface area (Å²) in [6.45, 7) is 3.93. The van der Waals surface area contributed by atoms with E-state index in [1.807, 2.05) is 13.8 Å². The summed E-state index contributed by atoms with van der Waals surface area (Å²) in [7, 11) is 0. The third-order valence-corrected chi connectivity index (χ3v) is 4.36. The number of aromatic nitrogens is 4. The quantitative estimate of drug-likeness (QED) is 0.742. The number of carbonyl (C=O) groups is 1. The Morgan fingerprint density at radius 3 is 2.56 bits per heavy atom. The van der Waals surface area contributed by atoms with Crippen molar-refractivity contribution in [2.75, 3.05) is 0 Å². The first kappa shape index (κ1) is 18.8. The van der Waals surface area contributed by atoms with Gasteiger partial charge in [-0.2, -0.15) is 23.3 Å². The van der Waals surface area contributed by atoms with E-state index >= 15 is 0 Å². The molecule has 0 aliphatic rings. The van der Waals surface area contributed by atoms with E-state index in [1.165, 1.54) is 18.5 Å². The van der Waals surface area contributed by atoms with Crippen LogP contribution in [0.4, 0.5) is 13.2 Å². The number of benzene rings is 1. The fourth-order valence-electron chi connectivity index (χ4n) is 2.86. The Balaban J connectivity index is 1.57. The van der Waals surface area contributed by atoms with E-state index in [0.29, 0.717) is 17.8 Å². The number of hydrogen-bond donors (Lipinski definition) is 1. The van der Waals surface area contributed by atoms with E-state index in [-0.39, 0.29) is 18.9 Å². The van der Waals surface area contributed by atoms with Gasteiger partial charge in [-0.3, -0.25) is 4.79 Å². The predicted molar refractivity (Wildman–Crippen MR) is 91.9 cm³/mol. The Labute approximate surface area is 153 Å². The van der Waals surface area contributed by atoms with Gasteiger partial charge in [0.25, 0.3) is 5.78 Å². The number of hydrogen-bond acceptors (Lipinski definition) is 4. The summed E-state index contributed by atoms with van der Waals surface area (Å²) in [6.07, 6.45) is -2.21. The largest absolute Gasteiger partial charge is 0.416 e. The van der Waals surface area contributed by atoms with E-state index in [9.17, 15) is 18.0 Å². The molecule has 1 N–H and O–H groups in total. The molecule has 2 heterocycles. The van der Waals surface area contributed by atoms with Gasteiger partial charge in [-0.15, -0.1) is 0 Å². The second-order valence-corrected chi connectivity index (χ2v) is 6.20. The highest BCUT2D eigenvalue weighted by molar-refractivity contribution is 5.76. The first-order valence-electron chi connectivity index (χ1n) is 8.34. The average molecular weight is 377 g/mol. The fourth-order valence-corrected chi connectivity index (χ4v) is 2.86. The normalized spacial score (nSPS) is 11.7. The lowest BCUT2D eigenvalue weighted by atomic mass is 10.1. The minimum Gasteiger partial charge on any atom is -0.352 e. The maximum atomic E-state index is 12.6. The smallest absolute Gasteiger partial charge is 0.352 e. The minimum atomic E-state index is -4.36. The molecular formula is C18H18F3N5O. The number of amides is 1. The maximum absolute atomic E-state index is 12.6. The topological polar surface area (TPSA) is 72.2 Å². The maximum Gasteiger partial charge on any atom is 0.416 e. The van der Waals surface area contributed by atoms with Crippen LogP contribution in [0.15, 0.2) is 30.6 Å². The number of rotatable bonds is 5. The molecule has 27 heavy (non-hydrogen) atoms. The van der Waals surface area contributed by atoms with Crippen molar-refractivity contribution in [1.82, 2.24) is 24.9 Å². The minimum absolute atomic E-state index is 0.176.